The van der Waals surface area contributed by atoms with Gasteiger partial charge >= 0.3 is 0 Å². The Bertz CT molecular complexity index is 518. The zero-order valence-electron chi connectivity index (χ0n) is 8.97. The molecule has 1 aromatic heterocycles. The molecule has 2 rings (SSSR count). The maximum absolute atomic E-state index is 11.2. The molecule has 2 N–H and O–H groups in total. The summed E-state index contributed by atoms with van der Waals surface area (Å²) >= 11 is 0. The molecule has 3 heteroatoms. The molecule has 1 aromatic carbocycles. The predicted molar refractivity (Wildman–Crippen MR) is 64.1 cm³/mol. The SMILES string of the molecule is CC(=O)c1cccc(-c2ccc(N)cn2)c1. The fourth-order valence-electron chi connectivity index (χ4n) is 1.47. The molecule has 2 aromatic rings. The summed E-state index contributed by atoms with van der Waals surface area (Å²) in [6, 6.07) is 11.0. The highest BCUT2D eigenvalue weighted by Crippen LogP contribution is 2.19. The monoisotopic (exact) mass is 212 g/mol. The van der Waals surface area contributed by atoms with Gasteiger partial charge in [-0.3, -0.25) is 9.78 Å². The lowest BCUT2D eigenvalue weighted by atomic mass is 10.1. The minimum atomic E-state index is 0.0531. The van der Waals surface area contributed by atoms with Crippen LogP contribution in [-0.4, -0.2) is 10.8 Å². The predicted octanol–water partition coefficient (Wildman–Crippen LogP) is 2.53. The lowest BCUT2D eigenvalue weighted by molar-refractivity contribution is 0.101. The highest BCUT2D eigenvalue weighted by molar-refractivity contribution is 5.95. The quantitative estimate of drug-likeness (QED) is 0.778. The molecule has 0 saturated carbocycles. The zero-order valence-corrected chi connectivity index (χ0v) is 8.97. The first-order valence-corrected chi connectivity index (χ1v) is 5.00. The number of hydrogen-bond donors (Lipinski definition) is 1. The number of carbonyl (C=O) groups is 1. The molecule has 0 amide bonds. The maximum atomic E-state index is 11.2. The minimum absolute atomic E-state index is 0.0531. The van der Waals surface area contributed by atoms with Gasteiger partial charge in [-0.1, -0.05) is 18.2 Å². The number of rotatable bonds is 2. The highest BCUT2D eigenvalue weighted by atomic mass is 16.1. The van der Waals surface area contributed by atoms with Crippen molar-refractivity contribution >= 4 is 11.5 Å². The van der Waals surface area contributed by atoms with Gasteiger partial charge in [0.25, 0.3) is 0 Å². The van der Waals surface area contributed by atoms with Crippen LogP contribution in [0, 0.1) is 0 Å². The molecule has 0 spiro atoms. The van der Waals surface area contributed by atoms with Gasteiger partial charge in [-0.2, -0.15) is 0 Å². The van der Waals surface area contributed by atoms with Gasteiger partial charge in [0.05, 0.1) is 17.6 Å². The van der Waals surface area contributed by atoms with Gasteiger partial charge in [-0.15, -0.1) is 0 Å². The van der Waals surface area contributed by atoms with Crippen LogP contribution in [0.2, 0.25) is 0 Å². The minimum Gasteiger partial charge on any atom is -0.397 e. The molecular formula is C13H12N2O. The van der Waals surface area contributed by atoms with Crippen molar-refractivity contribution in [3.63, 3.8) is 0 Å². The van der Waals surface area contributed by atoms with Crippen LogP contribution in [0.4, 0.5) is 5.69 Å². The number of nitrogens with two attached hydrogens (primary N) is 1. The number of nitrogen functional groups attached to an aromatic ring is 1. The van der Waals surface area contributed by atoms with Crippen molar-refractivity contribution in [2.24, 2.45) is 0 Å². The van der Waals surface area contributed by atoms with Gasteiger partial charge in [-0.05, 0) is 25.1 Å². The van der Waals surface area contributed by atoms with E-state index < -0.39 is 0 Å². The third-order valence-electron chi connectivity index (χ3n) is 2.35. The molecule has 0 radical (unpaired) electrons. The summed E-state index contributed by atoms with van der Waals surface area (Å²) in [5.74, 6) is 0.0531. The van der Waals surface area contributed by atoms with E-state index in [0.29, 0.717) is 11.3 Å². The van der Waals surface area contributed by atoms with Crippen molar-refractivity contribution in [3.8, 4) is 11.3 Å². The molecule has 0 aliphatic carbocycles. The largest absolute Gasteiger partial charge is 0.397 e. The second-order valence-corrected chi connectivity index (χ2v) is 3.61. The van der Waals surface area contributed by atoms with Crippen LogP contribution in [-0.2, 0) is 0 Å². The Morgan fingerprint density at radius 1 is 1.25 bits per heavy atom. The molecule has 3 nitrogen and oxygen atoms in total. The van der Waals surface area contributed by atoms with Crippen molar-refractivity contribution in [2.45, 2.75) is 6.92 Å². The second kappa shape index (κ2) is 4.14. The molecule has 0 unspecified atom stereocenters. The van der Waals surface area contributed by atoms with E-state index in [9.17, 15) is 4.79 Å². The summed E-state index contributed by atoms with van der Waals surface area (Å²) in [5.41, 5.74) is 8.63. The van der Waals surface area contributed by atoms with Crippen LogP contribution in [0.1, 0.15) is 17.3 Å². The first-order valence-electron chi connectivity index (χ1n) is 5.00. The summed E-state index contributed by atoms with van der Waals surface area (Å²) < 4.78 is 0. The Hall–Kier alpha value is -2.16. The average Bonchev–Trinajstić information content (AvgIpc) is 2.30. The summed E-state index contributed by atoms with van der Waals surface area (Å²) in [5, 5.41) is 0. The summed E-state index contributed by atoms with van der Waals surface area (Å²) in [4.78, 5) is 15.5. The Balaban J connectivity index is 2.44. The van der Waals surface area contributed by atoms with Gasteiger partial charge in [0.2, 0.25) is 0 Å². The average molecular weight is 212 g/mol. The van der Waals surface area contributed by atoms with Crippen molar-refractivity contribution in [3.05, 3.63) is 48.2 Å². The molecule has 0 atom stereocenters. The molecule has 0 fully saturated rings. The lowest BCUT2D eigenvalue weighted by Gasteiger charge is -2.02. The number of ketones is 1. The molecule has 16 heavy (non-hydrogen) atoms. The van der Waals surface area contributed by atoms with Gasteiger partial charge in [0.1, 0.15) is 0 Å². The van der Waals surface area contributed by atoms with E-state index in [1.54, 1.807) is 25.3 Å². The third kappa shape index (κ3) is 2.08. The van der Waals surface area contributed by atoms with Crippen LogP contribution in [0.25, 0.3) is 11.3 Å². The van der Waals surface area contributed by atoms with E-state index in [-0.39, 0.29) is 5.78 Å². The normalized spacial score (nSPS) is 10.1. The second-order valence-electron chi connectivity index (χ2n) is 3.61. The molecule has 80 valence electrons. The van der Waals surface area contributed by atoms with Gasteiger partial charge in [0, 0.05) is 11.1 Å². The van der Waals surface area contributed by atoms with Crippen molar-refractivity contribution in [1.82, 2.24) is 4.98 Å². The van der Waals surface area contributed by atoms with Crippen molar-refractivity contribution < 1.29 is 4.79 Å². The first-order chi connectivity index (χ1) is 7.66. The van der Waals surface area contributed by atoms with Gasteiger partial charge in [-0.25, -0.2) is 0 Å². The third-order valence-corrected chi connectivity index (χ3v) is 2.35. The molecule has 0 aliphatic heterocycles. The number of hydrogen-bond acceptors (Lipinski definition) is 3. The fourth-order valence-corrected chi connectivity index (χ4v) is 1.47. The smallest absolute Gasteiger partial charge is 0.159 e. The molecule has 0 bridgehead atoms. The van der Waals surface area contributed by atoms with Gasteiger partial charge < -0.3 is 5.73 Å². The molecule has 0 aliphatic rings. The summed E-state index contributed by atoms with van der Waals surface area (Å²) in [6.07, 6.45) is 1.61. The zero-order chi connectivity index (χ0) is 11.5. The Labute approximate surface area is 93.9 Å². The Morgan fingerprint density at radius 3 is 2.69 bits per heavy atom. The topological polar surface area (TPSA) is 56.0 Å². The molecular weight excluding hydrogens is 200 g/mol. The van der Waals surface area contributed by atoms with Crippen LogP contribution in [0.15, 0.2) is 42.6 Å². The number of carbonyl (C=O) groups excluding carboxylic acids is 1. The van der Waals surface area contributed by atoms with Crippen molar-refractivity contribution in [1.29, 1.82) is 0 Å². The number of Topliss-reactive ketones (excluding diaryl/α,β-unsaturated/α-hetero) is 1. The number of anilines is 1. The van der Waals surface area contributed by atoms with Crippen LogP contribution in [0.3, 0.4) is 0 Å². The Kier molecular flexibility index (Phi) is 2.68. The molecule has 0 saturated heterocycles. The van der Waals surface area contributed by atoms with Gasteiger partial charge in [0.15, 0.2) is 5.78 Å². The molecule has 1 heterocycles. The van der Waals surface area contributed by atoms with Crippen LogP contribution < -0.4 is 5.73 Å². The van der Waals surface area contributed by atoms with E-state index >= 15 is 0 Å². The summed E-state index contributed by atoms with van der Waals surface area (Å²) in [6.45, 7) is 1.55. The van der Waals surface area contributed by atoms with Crippen LogP contribution >= 0.6 is 0 Å². The van der Waals surface area contributed by atoms with Crippen molar-refractivity contribution in [2.75, 3.05) is 5.73 Å². The highest BCUT2D eigenvalue weighted by Gasteiger charge is 2.03. The van der Waals surface area contributed by atoms with E-state index in [4.69, 9.17) is 5.73 Å². The first kappa shape index (κ1) is 10.4. The standard InChI is InChI=1S/C13H12N2O/c1-9(16)10-3-2-4-11(7-10)13-6-5-12(14)8-15-13/h2-8H,14H2,1H3. The number of aromatic nitrogens is 1. The van der Waals surface area contributed by atoms with E-state index in [1.165, 1.54) is 0 Å². The maximum Gasteiger partial charge on any atom is 0.159 e. The van der Waals surface area contributed by atoms with Crippen LogP contribution in [0.5, 0.6) is 0 Å². The Morgan fingerprint density at radius 2 is 2.06 bits per heavy atom. The van der Waals surface area contributed by atoms with E-state index in [1.807, 2.05) is 24.3 Å². The summed E-state index contributed by atoms with van der Waals surface area (Å²) in [7, 11) is 0. The number of benzene rings is 1. The fraction of sp³-hybridized carbons (Fsp3) is 0.0769. The number of nitrogens with zero attached hydrogens (tertiary/aromatic N) is 1. The lowest BCUT2D eigenvalue weighted by Crippen LogP contribution is -1.93. The van der Waals surface area contributed by atoms with E-state index in [0.717, 1.165) is 11.3 Å². The van der Waals surface area contributed by atoms with E-state index in [2.05, 4.69) is 4.98 Å². The number of pyridine rings is 1.